The van der Waals surface area contributed by atoms with Gasteiger partial charge in [0.05, 0.1) is 4.91 Å². The zero-order valence-corrected chi connectivity index (χ0v) is 15.9. The molecule has 1 fully saturated rings. The summed E-state index contributed by atoms with van der Waals surface area (Å²) in [6.07, 6.45) is 2.78. The van der Waals surface area contributed by atoms with Gasteiger partial charge in [-0.15, -0.1) is 0 Å². The number of nitrogens with one attached hydrogen (secondary N) is 1. The Bertz CT molecular complexity index is 734. The lowest BCUT2D eigenvalue weighted by molar-refractivity contribution is -0.142. The monoisotopic (exact) mass is 392 g/mol. The lowest BCUT2D eigenvalue weighted by Gasteiger charge is -2.16. The minimum Gasteiger partial charge on any atom is -0.480 e. The van der Waals surface area contributed by atoms with Gasteiger partial charge in [-0.25, -0.2) is 4.79 Å². The average molecular weight is 393 g/mol. The summed E-state index contributed by atoms with van der Waals surface area (Å²) >= 11 is 6.43. The van der Waals surface area contributed by atoms with Crippen molar-refractivity contribution < 1.29 is 19.5 Å². The van der Waals surface area contributed by atoms with Gasteiger partial charge < -0.3 is 10.4 Å². The van der Waals surface area contributed by atoms with Crippen LogP contribution in [-0.2, 0) is 14.4 Å². The van der Waals surface area contributed by atoms with Crippen molar-refractivity contribution in [1.82, 2.24) is 10.2 Å². The van der Waals surface area contributed by atoms with E-state index < -0.39 is 17.9 Å². The smallest absolute Gasteiger partial charge is 0.326 e. The second-order valence-electron chi connectivity index (χ2n) is 5.74. The molecule has 1 heterocycles. The average Bonchev–Trinajstić information content (AvgIpc) is 2.87. The number of amides is 2. The molecule has 1 aromatic rings. The predicted molar refractivity (Wildman–Crippen MR) is 105 cm³/mol. The molecule has 0 aliphatic carbocycles. The second kappa shape index (κ2) is 9.49. The molecule has 0 aromatic heterocycles. The number of carbonyl (C=O) groups is 3. The van der Waals surface area contributed by atoms with Crippen LogP contribution in [0.4, 0.5) is 0 Å². The van der Waals surface area contributed by atoms with Crippen molar-refractivity contribution in [2.24, 2.45) is 0 Å². The van der Waals surface area contributed by atoms with E-state index in [9.17, 15) is 14.4 Å². The topological polar surface area (TPSA) is 86.7 Å². The van der Waals surface area contributed by atoms with Crippen LogP contribution in [0.3, 0.4) is 0 Å². The third kappa shape index (κ3) is 5.40. The molecule has 1 aliphatic heterocycles. The van der Waals surface area contributed by atoms with Crippen LogP contribution in [0.5, 0.6) is 0 Å². The third-order valence-electron chi connectivity index (χ3n) is 3.74. The first-order valence-electron chi connectivity index (χ1n) is 8.25. The molecular weight excluding hydrogens is 372 g/mol. The third-order valence-corrected chi connectivity index (χ3v) is 5.12. The molecule has 1 saturated heterocycles. The molecule has 26 heavy (non-hydrogen) atoms. The van der Waals surface area contributed by atoms with Crippen molar-refractivity contribution >= 4 is 52.2 Å². The maximum absolute atomic E-state index is 12.5. The van der Waals surface area contributed by atoms with Crippen LogP contribution in [-0.4, -0.2) is 44.7 Å². The number of carboxylic acid groups (broad SMARTS) is 1. The first-order chi connectivity index (χ1) is 12.4. The van der Waals surface area contributed by atoms with E-state index in [-0.39, 0.29) is 18.9 Å². The largest absolute Gasteiger partial charge is 0.480 e. The molecule has 1 aromatic carbocycles. The summed E-state index contributed by atoms with van der Waals surface area (Å²) in [6, 6.07) is 8.53. The molecule has 2 rings (SSSR count). The van der Waals surface area contributed by atoms with Crippen LogP contribution in [0.2, 0.25) is 0 Å². The van der Waals surface area contributed by atoms with E-state index in [0.717, 1.165) is 5.56 Å². The van der Waals surface area contributed by atoms with Gasteiger partial charge in [0.15, 0.2) is 0 Å². The Labute approximate surface area is 161 Å². The van der Waals surface area contributed by atoms with E-state index in [1.807, 2.05) is 37.3 Å². The molecule has 0 radical (unpaired) electrons. The quantitative estimate of drug-likeness (QED) is 0.522. The molecular formula is C18H20N2O4S2. The molecule has 1 aliphatic rings. The van der Waals surface area contributed by atoms with Gasteiger partial charge in [0.1, 0.15) is 10.4 Å². The Morgan fingerprint density at radius 1 is 1.35 bits per heavy atom. The van der Waals surface area contributed by atoms with Gasteiger partial charge >= 0.3 is 5.97 Å². The summed E-state index contributed by atoms with van der Waals surface area (Å²) in [6.45, 7) is 1.97. The Balaban J connectivity index is 1.94. The van der Waals surface area contributed by atoms with Gasteiger partial charge in [-0.2, -0.15) is 0 Å². The summed E-state index contributed by atoms with van der Waals surface area (Å²) in [7, 11) is 0. The maximum atomic E-state index is 12.5. The summed E-state index contributed by atoms with van der Waals surface area (Å²) in [4.78, 5) is 37.5. The number of thioether (sulfide) groups is 1. The van der Waals surface area contributed by atoms with Crippen LogP contribution in [0.25, 0.3) is 6.08 Å². The van der Waals surface area contributed by atoms with Gasteiger partial charge in [-0.3, -0.25) is 14.5 Å². The highest BCUT2D eigenvalue weighted by atomic mass is 32.2. The Morgan fingerprint density at radius 2 is 2.04 bits per heavy atom. The number of carboxylic acids is 1. The highest BCUT2D eigenvalue weighted by molar-refractivity contribution is 8.26. The van der Waals surface area contributed by atoms with Crippen LogP contribution < -0.4 is 5.32 Å². The van der Waals surface area contributed by atoms with E-state index in [4.69, 9.17) is 17.3 Å². The van der Waals surface area contributed by atoms with Crippen LogP contribution in [0.15, 0.2) is 35.2 Å². The summed E-state index contributed by atoms with van der Waals surface area (Å²) in [5, 5.41) is 11.6. The first kappa shape index (κ1) is 20.1. The van der Waals surface area contributed by atoms with Crippen LogP contribution >= 0.6 is 24.0 Å². The number of hydrogen-bond acceptors (Lipinski definition) is 5. The van der Waals surface area contributed by atoms with E-state index in [1.165, 1.54) is 16.7 Å². The molecule has 8 heteroatoms. The van der Waals surface area contributed by atoms with Gasteiger partial charge in [-0.05, 0) is 18.1 Å². The second-order valence-corrected chi connectivity index (χ2v) is 7.42. The van der Waals surface area contributed by atoms with E-state index in [1.54, 1.807) is 6.08 Å². The fourth-order valence-electron chi connectivity index (χ4n) is 2.42. The van der Waals surface area contributed by atoms with Crippen LogP contribution in [0, 0.1) is 0 Å². The standard InChI is InChI=1S/C18H20N2O4S2/c1-2-6-13(17(23)24)19-15(21)9-10-20-16(22)14(26-18(20)25)11-12-7-4-3-5-8-12/h3-5,7-8,11,13H,2,6,9-10H2,1H3,(H,19,21)(H,23,24). The van der Waals surface area contributed by atoms with Crippen molar-refractivity contribution in [3.63, 3.8) is 0 Å². The van der Waals surface area contributed by atoms with E-state index in [2.05, 4.69) is 5.32 Å². The van der Waals surface area contributed by atoms with Crippen molar-refractivity contribution in [2.45, 2.75) is 32.2 Å². The summed E-state index contributed by atoms with van der Waals surface area (Å²) in [5.74, 6) is -1.71. The molecule has 1 atom stereocenters. The van der Waals surface area contributed by atoms with E-state index >= 15 is 0 Å². The fourth-order valence-corrected chi connectivity index (χ4v) is 3.73. The molecule has 0 saturated carbocycles. The zero-order chi connectivity index (χ0) is 19.1. The van der Waals surface area contributed by atoms with Gasteiger partial charge in [0.2, 0.25) is 5.91 Å². The minimum absolute atomic E-state index is 0.00144. The van der Waals surface area contributed by atoms with Gasteiger partial charge in [0, 0.05) is 13.0 Å². The number of nitrogens with zero attached hydrogens (tertiary/aromatic N) is 1. The zero-order valence-electron chi connectivity index (χ0n) is 14.3. The molecule has 2 N–H and O–H groups in total. The number of rotatable bonds is 8. The Kier molecular flexibility index (Phi) is 7.35. The molecule has 6 nitrogen and oxygen atoms in total. The molecule has 0 spiro atoms. The Morgan fingerprint density at radius 3 is 2.65 bits per heavy atom. The molecule has 0 bridgehead atoms. The SMILES string of the molecule is CCCC(NC(=O)CCN1C(=O)C(=Cc2ccccc2)SC1=S)C(=O)O. The lowest BCUT2D eigenvalue weighted by Crippen LogP contribution is -2.42. The van der Waals surface area contributed by atoms with Crippen molar-refractivity contribution in [1.29, 1.82) is 0 Å². The van der Waals surface area contributed by atoms with Crippen molar-refractivity contribution in [3.8, 4) is 0 Å². The van der Waals surface area contributed by atoms with Gasteiger partial charge in [0.25, 0.3) is 5.91 Å². The van der Waals surface area contributed by atoms with E-state index in [0.29, 0.717) is 22.1 Å². The highest BCUT2D eigenvalue weighted by Crippen LogP contribution is 2.32. The highest BCUT2D eigenvalue weighted by Gasteiger charge is 2.32. The first-order valence-corrected chi connectivity index (χ1v) is 9.47. The fraction of sp³-hybridized carbons (Fsp3) is 0.333. The molecule has 2 amide bonds. The maximum Gasteiger partial charge on any atom is 0.326 e. The Hall–Kier alpha value is -2.19. The van der Waals surface area contributed by atoms with Gasteiger partial charge in [-0.1, -0.05) is 67.7 Å². The number of aliphatic carboxylic acids is 1. The number of hydrogen-bond donors (Lipinski definition) is 2. The molecule has 1 unspecified atom stereocenters. The predicted octanol–water partition coefficient (Wildman–Crippen LogP) is 2.65. The molecule has 138 valence electrons. The van der Waals surface area contributed by atoms with Crippen molar-refractivity contribution in [3.05, 3.63) is 40.8 Å². The lowest BCUT2D eigenvalue weighted by atomic mass is 10.1. The van der Waals surface area contributed by atoms with Crippen molar-refractivity contribution in [2.75, 3.05) is 6.54 Å². The summed E-state index contributed by atoms with van der Waals surface area (Å²) in [5.41, 5.74) is 0.898. The number of benzene rings is 1. The normalized spacial score (nSPS) is 16.8. The number of thiocarbonyl (C=S) groups is 1. The minimum atomic E-state index is -1.06. The number of carbonyl (C=O) groups excluding carboxylic acids is 2. The summed E-state index contributed by atoms with van der Waals surface area (Å²) < 4.78 is 0.397. The van der Waals surface area contributed by atoms with Crippen LogP contribution in [0.1, 0.15) is 31.7 Å².